The Hall–Kier alpha value is -1.06. The van der Waals surface area contributed by atoms with E-state index in [0.717, 1.165) is 12.8 Å². The van der Waals surface area contributed by atoms with Crippen molar-refractivity contribution in [1.82, 2.24) is 10.6 Å². The zero-order valence-electron chi connectivity index (χ0n) is 8.43. The van der Waals surface area contributed by atoms with Crippen LogP contribution in [0, 0.1) is 5.92 Å². The summed E-state index contributed by atoms with van der Waals surface area (Å²) in [5, 5.41) is 5.48. The van der Waals surface area contributed by atoms with Gasteiger partial charge in [0.05, 0.1) is 5.54 Å². The number of amides is 2. The van der Waals surface area contributed by atoms with Gasteiger partial charge in [-0.3, -0.25) is 9.59 Å². The molecule has 2 fully saturated rings. The molecule has 1 atom stereocenters. The number of carbonyl (C=O) groups excluding carboxylic acids is 2. The first-order valence-electron chi connectivity index (χ1n) is 5.22. The van der Waals surface area contributed by atoms with Crippen LogP contribution >= 0.6 is 0 Å². The Morgan fingerprint density at radius 2 is 1.86 bits per heavy atom. The number of nitrogens with one attached hydrogen (secondary N) is 2. The Labute approximate surface area is 83.4 Å². The predicted octanol–water partition coefficient (Wildman–Crippen LogP) is 0.181. The average Bonchev–Trinajstić information content (AvgIpc) is 2.65. The summed E-state index contributed by atoms with van der Waals surface area (Å²) in [6.45, 7) is 2.60. The lowest BCUT2D eigenvalue weighted by molar-refractivity contribution is -0.143. The fraction of sp³-hybridized carbons (Fsp3) is 0.800. The first kappa shape index (κ1) is 9.49. The maximum atomic E-state index is 11.2. The molecule has 78 valence electrons. The summed E-state index contributed by atoms with van der Waals surface area (Å²) in [4.78, 5) is 22.2. The normalized spacial score (nSPS) is 34.1. The summed E-state index contributed by atoms with van der Waals surface area (Å²) in [6, 6.07) is 0. The number of piperazine rings is 1. The van der Waals surface area contributed by atoms with Crippen LogP contribution in [0.3, 0.4) is 0 Å². The van der Waals surface area contributed by atoms with Gasteiger partial charge in [-0.25, -0.2) is 0 Å². The van der Waals surface area contributed by atoms with Crippen molar-refractivity contribution in [2.24, 2.45) is 5.92 Å². The van der Waals surface area contributed by atoms with Crippen molar-refractivity contribution in [2.45, 2.75) is 38.1 Å². The molecule has 0 spiro atoms. The highest BCUT2D eigenvalue weighted by Gasteiger charge is 2.41. The van der Waals surface area contributed by atoms with Crippen LogP contribution in [-0.2, 0) is 9.59 Å². The summed E-state index contributed by atoms with van der Waals surface area (Å²) in [5.41, 5.74) is -0.221. The third-order valence-electron chi connectivity index (χ3n) is 3.48. The van der Waals surface area contributed by atoms with Crippen LogP contribution in [0.1, 0.15) is 32.6 Å². The maximum Gasteiger partial charge on any atom is 0.309 e. The van der Waals surface area contributed by atoms with Crippen molar-refractivity contribution in [3.63, 3.8) is 0 Å². The van der Waals surface area contributed by atoms with E-state index < -0.39 is 11.8 Å². The molecule has 1 unspecified atom stereocenters. The highest BCUT2D eigenvalue weighted by molar-refractivity contribution is 6.35. The molecule has 2 aliphatic rings. The van der Waals surface area contributed by atoms with Crippen LogP contribution in [0.5, 0.6) is 0 Å². The lowest BCUT2D eigenvalue weighted by atomic mass is 9.83. The van der Waals surface area contributed by atoms with Gasteiger partial charge in [-0.1, -0.05) is 12.8 Å². The van der Waals surface area contributed by atoms with Crippen molar-refractivity contribution < 1.29 is 9.59 Å². The lowest BCUT2D eigenvalue weighted by Crippen LogP contribution is -2.65. The number of hydrogen-bond donors (Lipinski definition) is 2. The van der Waals surface area contributed by atoms with Gasteiger partial charge in [-0.2, -0.15) is 0 Å². The third kappa shape index (κ3) is 1.49. The Morgan fingerprint density at radius 1 is 1.21 bits per heavy atom. The van der Waals surface area contributed by atoms with Crippen LogP contribution in [0.25, 0.3) is 0 Å². The molecule has 1 aliphatic heterocycles. The molecule has 2 rings (SSSR count). The van der Waals surface area contributed by atoms with Gasteiger partial charge in [0.25, 0.3) is 0 Å². The van der Waals surface area contributed by atoms with Gasteiger partial charge >= 0.3 is 11.8 Å². The monoisotopic (exact) mass is 196 g/mol. The zero-order valence-corrected chi connectivity index (χ0v) is 8.43. The Morgan fingerprint density at radius 3 is 2.43 bits per heavy atom. The molecule has 2 N–H and O–H groups in total. The third-order valence-corrected chi connectivity index (χ3v) is 3.48. The SMILES string of the molecule is CC1(C2CCCC2)CNC(=O)C(=O)N1. The van der Waals surface area contributed by atoms with Gasteiger partial charge in [0.15, 0.2) is 0 Å². The average molecular weight is 196 g/mol. The largest absolute Gasteiger partial charge is 0.345 e. The van der Waals surface area contributed by atoms with Crippen molar-refractivity contribution in [3.05, 3.63) is 0 Å². The van der Waals surface area contributed by atoms with E-state index in [1.165, 1.54) is 12.8 Å². The number of hydrogen-bond acceptors (Lipinski definition) is 2. The van der Waals surface area contributed by atoms with Gasteiger partial charge < -0.3 is 10.6 Å². The van der Waals surface area contributed by atoms with Crippen LogP contribution in [0.4, 0.5) is 0 Å². The van der Waals surface area contributed by atoms with Crippen LogP contribution < -0.4 is 10.6 Å². The fourth-order valence-corrected chi connectivity index (χ4v) is 2.51. The maximum absolute atomic E-state index is 11.2. The van der Waals surface area contributed by atoms with E-state index in [1.54, 1.807) is 0 Å². The molecule has 4 nitrogen and oxygen atoms in total. The van der Waals surface area contributed by atoms with Gasteiger partial charge in [-0.05, 0) is 25.7 Å². The minimum atomic E-state index is -0.500. The number of rotatable bonds is 1. The summed E-state index contributed by atoms with van der Waals surface area (Å²) >= 11 is 0. The first-order chi connectivity index (χ1) is 6.62. The second-order valence-corrected chi connectivity index (χ2v) is 4.54. The van der Waals surface area contributed by atoms with Crippen molar-refractivity contribution in [2.75, 3.05) is 6.54 Å². The van der Waals surface area contributed by atoms with Crippen LogP contribution in [-0.4, -0.2) is 23.9 Å². The fourth-order valence-electron chi connectivity index (χ4n) is 2.51. The van der Waals surface area contributed by atoms with Gasteiger partial charge in [-0.15, -0.1) is 0 Å². The topological polar surface area (TPSA) is 58.2 Å². The van der Waals surface area contributed by atoms with Gasteiger partial charge in [0.1, 0.15) is 0 Å². The summed E-state index contributed by atoms with van der Waals surface area (Å²) in [7, 11) is 0. The highest BCUT2D eigenvalue weighted by atomic mass is 16.2. The first-order valence-corrected chi connectivity index (χ1v) is 5.22. The second-order valence-electron chi connectivity index (χ2n) is 4.54. The van der Waals surface area contributed by atoms with E-state index in [0.29, 0.717) is 12.5 Å². The molecule has 14 heavy (non-hydrogen) atoms. The van der Waals surface area contributed by atoms with Crippen LogP contribution in [0.2, 0.25) is 0 Å². The second kappa shape index (κ2) is 3.26. The zero-order chi connectivity index (χ0) is 10.2. The molecule has 1 aliphatic carbocycles. The smallest absolute Gasteiger partial charge is 0.309 e. The Bertz CT molecular complexity index is 271. The molecule has 1 saturated carbocycles. The molecule has 1 saturated heterocycles. The summed E-state index contributed by atoms with van der Waals surface area (Å²) < 4.78 is 0. The molecule has 0 aromatic carbocycles. The molecule has 0 aromatic rings. The molecular formula is C10H16N2O2. The van der Waals surface area contributed by atoms with Gasteiger partial charge in [0, 0.05) is 6.54 Å². The van der Waals surface area contributed by atoms with E-state index in [-0.39, 0.29) is 5.54 Å². The quantitative estimate of drug-likeness (QED) is 0.588. The standard InChI is InChI=1S/C10H16N2O2/c1-10(7-4-2-3-5-7)6-11-8(13)9(14)12-10/h7H,2-6H2,1H3,(H,11,13)(H,12,14). The lowest BCUT2D eigenvalue weighted by Gasteiger charge is -2.39. The molecule has 0 bridgehead atoms. The molecule has 4 heteroatoms. The summed E-state index contributed by atoms with van der Waals surface area (Å²) in [6.07, 6.45) is 4.80. The molecule has 1 heterocycles. The van der Waals surface area contributed by atoms with E-state index in [1.807, 2.05) is 6.92 Å². The molecule has 0 radical (unpaired) electrons. The number of carbonyl (C=O) groups is 2. The molecular weight excluding hydrogens is 180 g/mol. The summed E-state index contributed by atoms with van der Waals surface area (Å²) in [5.74, 6) is -0.460. The highest BCUT2D eigenvalue weighted by Crippen LogP contribution is 2.34. The van der Waals surface area contributed by atoms with Crippen molar-refractivity contribution in [3.8, 4) is 0 Å². The van der Waals surface area contributed by atoms with E-state index >= 15 is 0 Å². The minimum Gasteiger partial charge on any atom is -0.345 e. The van der Waals surface area contributed by atoms with Crippen LogP contribution in [0.15, 0.2) is 0 Å². The predicted molar refractivity (Wildman–Crippen MR) is 51.5 cm³/mol. The van der Waals surface area contributed by atoms with E-state index in [9.17, 15) is 9.59 Å². The molecule has 2 amide bonds. The Kier molecular flexibility index (Phi) is 2.21. The minimum absolute atomic E-state index is 0.221. The van der Waals surface area contributed by atoms with Gasteiger partial charge in [0.2, 0.25) is 0 Å². The van der Waals surface area contributed by atoms with E-state index in [2.05, 4.69) is 10.6 Å². The molecule has 0 aromatic heterocycles. The van der Waals surface area contributed by atoms with Crippen molar-refractivity contribution >= 4 is 11.8 Å². The van der Waals surface area contributed by atoms with E-state index in [4.69, 9.17) is 0 Å². The van der Waals surface area contributed by atoms with Crippen molar-refractivity contribution in [1.29, 1.82) is 0 Å². The Balaban J connectivity index is 2.08.